The van der Waals surface area contributed by atoms with Gasteiger partial charge in [-0.25, -0.2) is 0 Å². The maximum Gasteiger partial charge on any atom is 0.137 e. The van der Waals surface area contributed by atoms with Crippen LogP contribution in [0.4, 0.5) is 0 Å². The second kappa shape index (κ2) is 3.69. The summed E-state index contributed by atoms with van der Waals surface area (Å²) in [5.41, 5.74) is 1.04. The van der Waals surface area contributed by atoms with E-state index in [0.29, 0.717) is 0 Å². The van der Waals surface area contributed by atoms with Crippen molar-refractivity contribution in [3.05, 3.63) is 16.9 Å². The van der Waals surface area contributed by atoms with Crippen LogP contribution >= 0.6 is 23.9 Å². The summed E-state index contributed by atoms with van der Waals surface area (Å²) in [7, 11) is 3.79. The number of rotatable bonds is 0. The summed E-state index contributed by atoms with van der Waals surface area (Å²) in [4.78, 5) is 4.00. The summed E-state index contributed by atoms with van der Waals surface area (Å²) in [6, 6.07) is 1.99. The molecule has 1 rings (SSSR count). The van der Waals surface area contributed by atoms with E-state index in [1.807, 2.05) is 22.5 Å². The lowest BCUT2D eigenvalue weighted by molar-refractivity contribution is 0.933. The molecule has 0 N–H and O–H groups in total. The van der Waals surface area contributed by atoms with Crippen molar-refractivity contribution in [2.24, 2.45) is 12.0 Å². The zero-order valence-electron chi connectivity index (χ0n) is 5.37. The van der Waals surface area contributed by atoms with E-state index < -0.39 is 0 Å². The Labute approximate surface area is 64.4 Å². The smallest absolute Gasteiger partial charge is 0.137 e. The lowest BCUT2D eigenvalue weighted by Gasteiger charge is -1.82. The van der Waals surface area contributed by atoms with Crippen molar-refractivity contribution in [2.75, 3.05) is 7.05 Å². The van der Waals surface area contributed by atoms with Gasteiger partial charge in [-0.15, -0.1) is 12.4 Å². The van der Waals surface area contributed by atoms with Gasteiger partial charge in [0, 0.05) is 19.5 Å². The first kappa shape index (κ1) is 8.72. The monoisotopic (exact) mass is 164 g/mol. The molecular weight excluding hydrogens is 156 g/mol. The number of aryl methyl sites for hydroxylation is 1. The van der Waals surface area contributed by atoms with Crippen LogP contribution in [0, 0.1) is 0 Å². The molecule has 1 aromatic rings. The van der Waals surface area contributed by atoms with Crippen LogP contribution in [-0.2, 0) is 7.05 Å². The van der Waals surface area contributed by atoms with Gasteiger partial charge in [0.2, 0.25) is 0 Å². The van der Waals surface area contributed by atoms with Gasteiger partial charge in [-0.2, -0.15) is 0 Å². The van der Waals surface area contributed by atoms with Crippen LogP contribution in [0.2, 0.25) is 0 Å². The third-order valence-corrected chi connectivity index (χ3v) is 1.75. The lowest BCUT2D eigenvalue weighted by atomic mass is 10.7. The predicted octanol–water partition coefficient (Wildman–Crippen LogP) is 1.04. The molecule has 0 spiro atoms. The average molecular weight is 165 g/mol. The van der Waals surface area contributed by atoms with E-state index >= 15 is 0 Å². The molecule has 0 saturated carbocycles. The number of hydrogen-bond donors (Lipinski definition) is 0. The van der Waals surface area contributed by atoms with Gasteiger partial charge in [0.05, 0.1) is 0 Å². The van der Waals surface area contributed by atoms with Crippen LogP contribution in [0.25, 0.3) is 0 Å². The zero-order valence-corrected chi connectivity index (χ0v) is 7.00. The van der Waals surface area contributed by atoms with Gasteiger partial charge < -0.3 is 0 Å². The SMILES string of the molecule is CN=c1ccsn1C.Cl. The zero-order chi connectivity index (χ0) is 5.98. The van der Waals surface area contributed by atoms with Crippen molar-refractivity contribution in [3.63, 3.8) is 0 Å². The molecule has 0 unspecified atom stereocenters. The topological polar surface area (TPSA) is 17.3 Å². The Morgan fingerprint density at radius 1 is 1.67 bits per heavy atom. The van der Waals surface area contributed by atoms with Gasteiger partial charge in [0.25, 0.3) is 0 Å². The van der Waals surface area contributed by atoms with Gasteiger partial charge >= 0.3 is 0 Å². The maximum atomic E-state index is 4.00. The van der Waals surface area contributed by atoms with E-state index in [9.17, 15) is 0 Å². The maximum absolute atomic E-state index is 4.00. The summed E-state index contributed by atoms with van der Waals surface area (Å²) in [6.45, 7) is 0. The van der Waals surface area contributed by atoms with Crippen molar-refractivity contribution in [3.8, 4) is 0 Å². The molecule has 0 aromatic carbocycles. The molecule has 4 heteroatoms. The largest absolute Gasteiger partial charge is 0.285 e. The van der Waals surface area contributed by atoms with Crippen molar-refractivity contribution >= 4 is 23.9 Å². The molecule has 0 aliphatic rings. The van der Waals surface area contributed by atoms with Crippen LogP contribution in [0.15, 0.2) is 16.4 Å². The van der Waals surface area contributed by atoms with Crippen LogP contribution in [0.5, 0.6) is 0 Å². The predicted molar refractivity (Wildman–Crippen MR) is 42.0 cm³/mol. The Kier molecular flexibility index (Phi) is 3.58. The van der Waals surface area contributed by atoms with Crippen LogP contribution in [0.3, 0.4) is 0 Å². The summed E-state index contributed by atoms with van der Waals surface area (Å²) < 4.78 is 2.01. The fourth-order valence-electron chi connectivity index (χ4n) is 0.557. The Bertz CT molecular complexity index is 225. The van der Waals surface area contributed by atoms with Crippen molar-refractivity contribution < 1.29 is 0 Å². The van der Waals surface area contributed by atoms with Crippen molar-refractivity contribution in [1.29, 1.82) is 0 Å². The van der Waals surface area contributed by atoms with Crippen LogP contribution in [0.1, 0.15) is 0 Å². The van der Waals surface area contributed by atoms with Crippen molar-refractivity contribution in [2.45, 2.75) is 0 Å². The summed E-state index contributed by atoms with van der Waals surface area (Å²) in [5, 5.41) is 2.02. The summed E-state index contributed by atoms with van der Waals surface area (Å²) in [5.74, 6) is 0. The third kappa shape index (κ3) is 1.84. The highest BCUT2D eigenvalue weighted by Gasteiger charge is 1.81. The molecule has 1 aromatic heterocycles. The summed E-state index contributed by atoms with van der Waals surface area (Å²) in [6.07, 6.45) is 0. The average Bonchev–Trinajstić information content (AvgIpc) is 2.14. The molecule has 9 heavy (non-hydrogen) atoms. The fraction of sp³-hybridized carbons (Fsp3) is 0.400. The first-order chi connectivity index (χ1) is 3.84. The first-order valence-corrected chi connectivity index (χ1v) is 3.22. The summed E-state index contributed by atoms with van der Waals surface area (Å²) >= 11 is 1.65. The van der Waals surface area contributed by atoms with Gasteiger partial charge in [-0.05, 0) is 6.07 Å². The van der Waals surface area contributed by atoms with E-state index in [2.05, 4.69) is 4.99 Å². The number of hydrogen-bond acceptors (Lipinski definition) is 2. The molecule has 0 amide bonds. The standard InChI is InChI=1S/C5H8N2S.ClH/c1-6-5-3-4-8-7(5)2;/h3-4H,1-2H3;1H. The number of halogens is 1. The molecule has 1 heterocycles. The van der Waals surface area contributed by atoms with Gasteiger partial charge in [0.1, 0.15) is 5.49 Å². The Morgan fingerprint density at radius 2 is 2.33 bits per heavy atom. The Morgan fingerprint density at radius 3 is 2.56 bits per heavy atom. The van der Waals surface area contributed by atoms with Crippen molar-refractivity contribution in [1.82, 2.24) is 3.96 Å². The van der Waals surface area contributed by atoms with Gasteiger partial charge in [-0.1, -0.05) is 11.5 Å². The molecule has 0 bridgehead atoms. The number of aromatic nitrogens is 1. The van der Waals surface area contributed by atoms with E-state index in [1.54, 1.807) is 18.6 Å². The first-order valence-electron chi connectivity index (χ1n) is 2.38. The van der Waals surface area contributed by atoms with E-state index in [-0.39, 0.29) is 12.4 Å². The Hall–Kier alpha value is -0.280. The molecule has 0 fully saturated rings. The molecule has 0 saturated heterocycles. The molecule has 2 nitrogen and oxygen atoms in total. The molecular formula is C5H9ClN2S. The quantitative estimate of drug-likeness (QED) is 0.545. The molecule has 0 aliphatic carbocycles. The number of nitrogens with zero attached hydrogens (tertiary/aromatic N) is 2. The Balaban J connectivity index is 0.000000640. The van der Waals surface area contributed by atoms with Gasteiger partial charge in [0.15, 0.2) is 0 Å². The van der Waals surface area contributed by atoms with Crippen LogP contribution in [-0.4, -0.2) is 11.0 Å². The lowest BCUT2D eigenvalue weighted by Crippen LogP contribution is -2.08. The van der Waals surface area contributed by atoms with E-state index in [1.165, 1.54) is 0 Å². The van der Waals surface area contributed by atoms with E-state index in [0.717, 1.165) is 5.49 Å². The second-order valence-corrected chi connectivity index (χ2v) is 2.52. The third-order valence-electron chi connectivity index (χ3n) is 0.988. The minimum atomic E-state index is 0. The molecule has 0 aliphatic heterocycles. The minimum absolute atomic E-state index is 0. The highest BCUT2D eigenvalue weighted by Crippen LogP contribution is 1.85. The fourth-order valence-corrected chi connectivity index (χ4v) is 1.17. The van der Waals surface area contributed by atoms with E-state index in [4.69, 9.17) is 0 Å². The second-order valence-electron chi connectivity index (χ2n) is 1.49. The molecule has 52 valence electrons. The normalized spacial score (nSPS) is 11.1. The molecule has 0 atom stereocenters. The highest BCUT2D eigenvalue weighted by molar-refractivity contribution is 7.04. The van der Waals surface area contributed by atoms with Gasteiger partial charge in [-0.3, -0.25) is 8.95 Å². The minimum Gasteiger partial charge on any atom is -0.285 e. The van der Waals surface area contributed by atoms with Crippen LogP contribution < -0.4 is 5.49 Å². The molecule has 0 radical (unpaired) electrons. The highest BCUT2D eigenvalue weighted by atomic mass is 35.5.